The summed E-state index contributed by atoms with van der Waals surface area (Å²) in [7, 11) is -0.671. The monoisotopic (exact) mass is 196 g/mol. The maximum absolute atomic E-state index is 8.63. The van der Waals surface area contributed by atoms with E-state index in [1.807, 2.05) is 0 Å². The van der Waals surface area contributed by atoms with Crippen LogP contribution in [-0.4, -0.2) is 29.5 Å². The first-order chi connectivity index (χ1) is 5.12. The Morgan fingerprint density at radius 1 is 1.27 bits per heavy atom. The number of aliphatic hydroxyl groups excluding tert-OH is 1. The Morgan fingerprint density at radius 3 is 2.27 bits per heavy atom. The van der Waals surface area contributed by atoms with Gasteiger partial charge < -0.3 is 5.11 Å². The Hall–Kier alpha value is 0.660. The predicted octanol–water partition coefficient (Wildman–Crippen LogP) is 2.45. The van der Waals surface area contributed by atoms with Crippen molar-refractivity contribution in [2.45, 2.75) is 26.2 Å². The van der Waals surface area contributed by atoms with Gasteiger partial charge in [-0.1, -0.05) is 13.3 Å². The second-order valence-electron chi connectivity index (χ2n) is 3.06. The van der Waals surface area contributed by atoms with Crippen molar-refractivity contribution in [3.8, 4) is 0 Å². The molecule has 0 saturated carbocycles. The van der Waals surface area contributed by atoms with Gasteiger partial charge in [-0.25, -0.2) is 0 Å². The summed E-state index contributed by atoms with van der Waals surface area (Å²) in [6.07, 6.45) is 5.68. The molecule has 0 amide bonds. The van der Waals surface area contributed by atoms with E-state index in [0.29, 0.717) is 6.61 Å². The van der Waals surface area contributed by atoms with Gasteiger partial charge in [-0.3, -0.25) is 0 Å². The maximum atomic E-state index is 8.63. The molecule has 1 unspecified atom stereocenters. The molecule has 0 radical (unpaired) electrons. The lowest BCUT2D eigenvalue weighted by Crippen LogP contribution is -2.03. The lowest BCUT2D eigenvalue weighted by molar-refractivity contribution is 0.296. The second-order valence-corrected chi connectivity index (χ2v) is 8.97. The topological polar surface area (TPSA) is 20.2 Å². The zero-order valence-corrected chi connectivity index (χ0v) is 9.26. The minimum absolute atomic E-state index is 0.315. The van der Waals surface area contributed by atoms with Gasteiger partial charge in [0.1, 0.15) is 0 Å². The molecule has 0 aliphatic carbocycles. The number of hydrogen-bond acceptors (Lipinski definition) is 2. The molecule has 0 aromatic carbocycles. The molecule has 0 aliphatic heterocycles. The van der Waals surface area contributed by atoms with Crippen molar-refractivity contribution in [1.29, 1.82) is 0 Å². The average molecular weight is 196 g/mol. The van der Waals surface area contributed by atoms with Gasteiger partial charge in [0.05, 0.1) is 0 Å². The fourth-order valence-corrected chi connectivity index (χ4v) is 3.57. The Morgan fingerprint density at radius 2 is 1.82 bits per heavy atom. The molecule has 1 N–H and O–H groups in total. The van der Waals surface area contributed by atoms with E-state index in [1.54, 1.807) is 0 Å². The predicted molar refractivity (Wildman–Crippen MR) is 58.8 cm³/mol. The highest BCUT2D eigenvalue weighted by Gasteiger charge is 2.10. The van der Waals surface area contributed by atoms with Crippen LogP contribution in [0.3, 0.4) is 0 Å². The van der Waals surface area contributed by atoms with Crippen LogP contribution in [0.15, 0.2) is 0 Å². The van der Waals surface area contributed by atoms with Gasteiger partial charge in [0.25, 0.3) is 0 Å². The van der Waals surface area contributed by atoms with Gasteiger partial charge in [-0.05, 0) is 30.6 Å². The van der Waals surface area contributed by atoms with Gasteiger partial charge in [0.15, 0.2) is 0 Å². The number of rotatable bonds is 6. The van der Waals surface area contributed by atoms with Crippen LogP contribution in [-0.2, 0) is 0 Å². The fourth-order valence-electron chi connectivity index (χ4n) is 0.933. The third-order valence-corrected chi connectivity index (χ3v) is 5.11. The molecule has 0 rings (SSSR count). The van der Waals surface area contributed by atoms with Crippen LogP contribution in [0.25, 0.3) is 0 Å². The van der Waals surface area contributed by atoms with Crippen LogP contribution in [0, 0.1) is 0 Å². The van der Waals surface area contributed by atoms with Crippen molar-refractivity contribution < 1.29 is 5.11 Å². The highest BCUT2D eigenvalue weighted by Crippen LogP contribution is 2.49. The largest absolute Gasteiger partial charge is 0.396 e. The van der Waals surface area contributed by atoms with Crippen LogP contribution in [0.1, 0.15) is 26.2 Å². The highest BCUT2D eigenvalue weighted by atomic mass is 33.1. The lowest BCUT2D eigenvalue weighted by Gasteiger charge is -2.29. The molecule has 3 heteroatoms. The number of thiol groups is 1. The van der Waals surface area contributed by atoms with Crippen LogP contribution in [0.4, 0.5) is 0 Å². The number of hydrogen-bond donors (Lipinski definition) is 2. The summed E-state index contributed by atoms with van der Waals surface area (Å²) in [4.78, 5) is 0. The zero-order valence-electron chi connectivity index (χ0n) is 7.55. The summed E-state index contributed by atoms with van der Waals surface area (Å²) in [5, 5.41) is 8.63. The molecule has 0 bridgehead atoms. The molecule has 0 aromatic heterocycles. The van der Waals surface area contributed by atoms with Crippen LogP contribution in [0.5, 0.6) is 0 Å². The Kier molecular flexibility index (Phi) is 6.58. The quantitative estimate of drug-likeness (QED) is 0.494. The van der Waals surface area contributed by atoms with Crippen LogP contribution in [0.2, 0.25) is 0 Å². The first-order valence-electron chi connectivity index (χ1n) is 4.19. The van der Waals surface area contributed by atoms with Gasteiger partial charge in [-0.2, -0.15) is 9.06 Å². The normalized spacial score (nSPS) is 19.3. The Labute approximate surface area is 76.7 Å². The molecule has 0 fully saturated rings. The molecule has 0 heterocycles. The van der Waals surface area contributed by atoms with E-state index in [9.17, 15) is 0 Å². The van der Waals surface area contributed by atoms with Crippen molar-refractivity contribution in [1.82, 2.24) is 0 Å². The van der Waals surface area contributed by atoms with Gasteiger partial charge in [0.2, 0.25) is 0 Å². The standard InChI is InChI=1S/C8H20OS2/c1-3-4-7-11(2,10)8-5-6-9/h9-10H,3-8H2,1-2H3. The molecule has 1 nitrogen and oxygen atoms in total. The van der Waals surface area contributed by atoms with E-state index in [0.717, 1.165) is 12.2 Å². The summed E-state index contributed by atoms with van der Waals surface area (Å²) in [6.45, 7) is 2.52. The minimum Gasteiger partial charge on any atom is -0.396 e. The molecule has 0 aliphatic rings. The molecule has 11 heavy (non-hydrogen) atoms. The fraction of sp³-hybridized carbons (Fsp3) is 1.00. The molecule has 0 aromatic rings. The molecule has 1 atom stereocenters. The second kappa shape index (κ2) is 6.21. The van der Waals surface area contributed by atoms with Gasteiger partial charge in [0, 0.05) is 6.61 Å². The van der Waals surface area contributed by atoms with Gasteiger partial charge >= 0.3 is 0 Å². The molecular weight excluding hydrogens is 176 g/mol. The van der Waals surface area contributed by atoms with Gasteiger partial charge in [-0.15, -0.1) is 11.7 Å². The van der Waals surface area contributed by atoms with E-state index in [2.05, 4.69) is 24.8 Å². The van der Waals surface area contributed by atoms with Crippen LogP contribution < -0.4 is 0 Å². The zero-order chi connectivity index (χ0) is 8.74. The molecule has 70 valence electrons. The van der Waals surface area contributed by atoms with E-state index in [4.69, 9.17) is 5.11 Å². The maximum Gasteiger partial charge on any atom is 0.0438 e. The Balaban J connectivity index is 3.43. The third-order valence-electron chi connectivity index (χ3n) is 1.68. The summed E-state index contributed by atoms with van der Waals surface area (Å²) in [5.74, 6) is 2.35. The molecule has 0 saturated heterocycles. The van der Waals surface area contributed by atoms with Crippen molar-refractivity contribution in [3.05, 3.63) is 0 Å². The smallest absolute Gasteiger partial charge is 0.0438 e. The van der Waals surface area contributed by atoms with Crippen molar-refractivity contribution in [2.75, 3.05) is 24.4 Å². The molecular formula is C8H20OS2. The Bertz CT molecular complexity index is 84.1. The number of unbranched alkanes of at least 4 members (excludes halogenated alkanes) is 1. The van der Waals surface area contributed by atoms with Crippen molar-refractivity contribution in [3.63, 3.8) is 0 Å². The van der Waals surface area contributed by atoms with Crippen molar-refractivity contribution in [2.24, 2.45) is 0 Å². The van der Waals surface area contributed by atoms with E-state index in [-0.39, 0.29) is 0 Å². The summed E-state index contributed by atoms with van der Waals surface area (Å²) in [6, 6.07) is 0. The molecule has 0 spiro atoms. The summed E-state index contributed by atoms with van der Waals surface area (Å²) >= 11 is 4.63. The number of aliphatic hydroxyl groups is 1. The lowest BCUT2D eigenvalue weighted by atomic mass is 10.4. The summed E-state index contributed by atoms with van der Waals surface area (Å²) in [5.41, 5.74) is 0. The van der Waals surface area contributed by atoms with Crippen LogP contribution >= 0.6 is 20.7 Å². The highest BCUT2D eigenvalue weighted by molar-refractivity contribution is 8.87. The third kappa shape index (κ3) is 7.04. The SMILES string of the molecule is CCCCS(C)(S)CCCO. The average Bonchev–Trinajstić information content (AvgIpc) is 1.97. The first-order valence-corrected chi connectivity index (χ1v) is 7.62. The minimum atomic E-state index is -0.671. The first kappa shape index (κ1) is 11.7. The summed E-state index contributed by atoms with van der Waals surface area (Å²) < 4.78 is 0. The van der Waals surface area contributed by atoms with E-state index in [1.165, 1.54) is 18.6 Å². The van der Waals surface area contributed by atoms with E-state index >= 15 is 0 Å². The van der Waals surface area contributed by atoms with E-state index < -0.39 is 9.06 Å². The van der Waals surface area contributed by atoms with Crippen molar-refractivity contribution >= 4 is 20.7 Å².